The zero-order chi connectivity index (χ0) is 17.4. The maximum atomic E-state index is 12.8. The van der Waals surface area contributed by atoms with Crippen LogP contribution in [0, 0.1) is 0 Å². The summed E-state index contributed by atoms with van der Waals surface area (Å²) in [4.78, 5) is 12.2. The first-order valence-corrected chi connectivity index (χ1v) is 7.46. The van der Waals surface area contributed by atoms with Crippen molar-refractivity contribution >= 4 is 5.78 Å². The lowest BCUT2D eigenvalue weighted by atomic mass is 10.1. The van der Waals surface area contributed by atoms with E-state index in [9.17, 15) is 13.2 Å². The molecule has 3 aromatic heterocycles. The van der Waals surface area contributed by atoms with Gasteiger partial charge in [-0.3, -0.25) is 4.40 Å². The standard InChI is InChI=1S/C18H11F3N4/c19-18(20,21)16-9-10-25-15(11-22-17(25)24-16)14-8-4-7-13(23-14)12-5-2-1-3-6-12/h1-11H. The molecule has 0 N–H and O–H groups in total. The van der Waals surface area contributed by atoms with Gasteiger partial charge in [-0.25, -0.2) is 15.0 Å². The van der Waals surface area contributed by atoms with Gasteiger partial charge in [0.2, 0.25) is 5.78 Å². The first-order valence-electron chi connectivity index (χ1n) is 7.46. The van der Waals surface area contributed by atoms with Crippen molar-refractivity contribution in [2.24, 2.45) is 0 Å². The lowest BCUT2D eigenvalue weighted by molar-refractivity contribution is -0.141. The summed E-state index contributed by atoms with van der Waals surface area (Å²) in [5, 5.41) is 0. The van der Waals surface area contributed by atoms with Crippen LogP contribution in [0.25, 0.3) is 28.4 Å². The molecule has 0 aliphatic heterocycles. The van der Waals surface area contributed by atoms with Crippen LogP contribution in [0.4, 0.5) is 13.2 Å². The van der Waals surface area contributed by atoms with Crippen molar-refractivity contribution in [3.8, 4) is 22.6 Å². The predicted molar refractivity (Wildman–Crippen MR) is 86.7 cm³/mol. The van der Waals surface area contributed by atoms with E-state index >= 15 is 0 Å². The third-order valence-corrected chi connectivity index (χ3v) is 3.75. The molecule has 4 aromatic rings. The van der Waals surface area contributed by atoms with Crippen LogP contribution >= 0.6 is 0 Å². The van der Waals surface area contributed by atoms with Crippen molar-refractivity contribution < 1.29 is 13.2 Å². The van der Waals surface area contributed by atoms with Crippen molar-refractivity contribution in [3.63, 3.8) is 0 Å². The van der Waals surface area contributed by atoms with E-state index in [0.29, 0.717) is 11.4 Å². The molecule has 1 aromatic carbocycles. The summed E-state index contributed by atoms with van der Waals surface area (Å²) >= 11 is 0. The monoisotopic (exact) mass is 340 g/mol. The molecule has 0 saturated carbocycles. The van der Waals surface area contributed by atoms with Gasteiger partial charge in [0.25, 0.3) is 0 Å². The fourth-order valence-corrected chi connectivity index (χ4v) is 2.57. The molecule has 0 aliphatic carbocycles. The number of hydrogen-bond acceptors (Lipinski definition) is 3. The Bertz CT molecular complexity index is 1040. The van der Waals surface area contributed by atoms with Gasteiger partial charge < -0.3 is 0 Å². The third-order valence-electron chi connectivity index (χ3n) is 3.75. The van der Waals surface area contributed by atoms with Gasteiger partial charge in [0.15, 0.2) is 0 Å². The van der Waals surface area contributed by atoms with E-state index in [1.165, 1.54) is 16.8 Å². The molecule has 25 heavy (non-hydrogen) atoms. The maximum Gasteiger partial charge on any atom is 0.433 e. The minimum atomic E-state index is -4.50. The molecule has 0 atom stereocenters. The highest BCUT2D eigenvalue weighted by atomic mass is 19.4. The van der Waals surface area contributed by atoms with Crippen molar-refractivity contribution in [1.82, 2.24) is 19.4 Å². The molecule has 0 aliphatic rings. The Hall–Kier alpha value is -3.22. The Morgan fingerprint density at radius 1 is 0.800 bits per heavy atom. The molecule has 0 spiro atoms. The number of rotatable bonds is 2. The average molecular weight is 340 g/mol. The number of alkyl halides is 3. The summed E-state index contributed by atoms with van der Waals surface area (Å²) in [5.41, 5.74) is 1.94. The van der Waals surface area contributed by atoms with Gasteiger partial charge in [-0.2, -0.15) is 13.2 Å². The van der Waals surface area contributed by atoms with Gasteiger partial charge in [-0.15, -0.1) is 0 Å². The number of aromatic nitrogens is 4. The molecule has 0 bridgehead atoms. The van der Waals surface area contributed by atoms with Gasteiger partial charge in [0.05, 0.1) is 23.3 Å². The normalized spacial score (nSPS) is 11.8. The Morgan fingerprint density at radius 3 is 2.32 bits per heavy atom. The SMILES string of the molecule is FC(F)(F)c1ccn2c(-c3cccc(-c4ccccc4)n3)cnc2n1. The average Bonchev–Trinajstić information content (AvgIpc) is 3.05. The second kappa shape index (κ2) is 5.70. The van der Waals surface area contributed by atoms with Crippen LogP contribution in [-0.2, 0) is 6.18 Å². The van der Waals surface area contributed by atoms with E-state index in [1.807, 2.05) is 42.5 Å². The summed E-state index contributed by atoms with van der Waals surface area (Å²) in [6.07, 6.45) is -1.72. The Labute approximate surface area is 140 Å². The lowest BCUT2D eigenvalue weighted by Crippen LogP contribution is -2.09. The second-order valence-electron chi connectivity index (χ2n) is 5.40. The molecule has 0 radical (unpaired) electrons. The summed E-state index contributed by atoms with van der Waals surface area (Å²) in [6.45, 7) is 0. The van der Waals surface area contributed by atoms with Crippen LogP contribution in [0.1, 0.15) is 5.69 Å². The number of nitrogens with zero attached hydrogens (tertiary/aromatic N) is 4. The summed E-state index contributed by atoms with van der Waals surface area (Å²) in [6, 6.07) is 16.1. The second-order valence-corrected chi connectivity index (χ2v) is 5.40. The van der Waals surface area contributed by atoms with Crippen LogP contribution in [0.3, 0.4) is 0 Å². The molecular formula is C18H11F3N4. The van der Waals surface area contributed by atoms with Crippen LogP contribution in [0.2, 0.25) is 0 Å². The Kier molecular flexibility index (Phi) is 3.49. The van der Waals surface area contributed by atoms with Gasteiger partial charge in [0, 0.05) is 11.8 Å². The van der Waals surface area contributed by atoms with E-state index in [0.717, 1.165) is 17.3 Å². The number of benzene rings is 1. The van der Waals surface area contributed by atoms with E-state index in [1.54, 1.807) is 6.07 Å². The number of fused-ring (bicyclic) bond motifs is 1. The minimum absolute atomic E-state index is 0.0169. The van der Waals surface area contributed by atoms with Crippen molar-refractivity contribution in [2.45, 2.75) is 6.18 Å². The summed E-state index contributed by atoms with van der Waals surface area (Å²) < 4.78 is 39.8. The van der Waals surface area contributed by atoms with E-state index in [2.05, 4.69) is 15.0 Å². The molecule has 0 fully saturated rings. The summed E-state index contributed by atoms with van der Waals surface area (Å²) in [5.74, 6) is -0.0169. The molecule has 3 heterocycles. The smallest absolute Gasteiger partial charge is 0.282 e. The number of pyridine rings is 1. The maximum absolute atomic E-state index is 12.8. The molecule has 4 rings (SSSR count). The highest BCUT2D eigenvalue weighted by Crippen LogP contribution is 2.29. The third kappa shape index (κ3) is 2.84. The highest BCUT2D eigenvalue weighted by Gasteiger charge is 2.33. The van der Waals surface area contributed by atoms with Gasteiger partial charge in [0.1, 0.15) is 5.69 Å². The first-order chi connectivity index (χ1) is 12.0. The number of hydrogen-bond donors (Lipinski definition) is 0. The van der Waals surface area contributed by atoms with Crippen molar-refractivity contribution in [2.75, 3.05) is 0 Å². The van der Waals surface area contributed by atoms with Crippen LogP contribution < -0.4 is 0 Å². The number of halogens is 3. The molecule has 124 valence electrons. The largest absolute Gasteiger partial charge is 0.433 e. The molecule has 0 saturated heterocycles. The zero-order valence-corrected chi connectivity index (χ0v) is 12.8. The van der Waals surface area contributed by atoms with Crippen molar-refractivity contribution in [1.29, 1.82) is 0 Å². The fourth-order valence-electron chi connectivity index (χ4n) is 2.57. The van der Waals surface area contributed by atoms with Crippen LogP contribution in [0.5, 0.6) is 0 Å². The Morgan fingerprint density at radius 2 is 1.56 bits per heavy atom. The first kappa shape index (κ1) is 15.3. The van der Waals surface area contributed by atoms with Gasteiger partial charge in [-0.05, 0) is 18.2 Å². The number of imidazole rings is 1. The van der Waals surface area contributed by atoms with Crippen LogP contribution in [-0.4, -0.2) is 19.4 Å². The minimum Gasteiger partial charge on any atom is -0.282 e. The van der Waals surface area contributed by atoms with Crippen LogP contribution in [0.15, 0.2) is 67.0 Å². The van der Waals surface area contributed by atoms with Gasteiger partial charge >= 0.3 is 6.18 Å². The molecular weight excluding hydrogens is 329 g/mol. The topological polar surface area (TPSA) is 43.1 Å². The quantitative estimate of drug-likeness (QED) is 0.540. The molecule has 7 heteroatoms. The van der Waals surface area contributed by atoms with E-state index < -0.39 is 11.9 Å². The van der Waals surface area contributed by atoms with Gasteiger partial charge in [-0.1, -0.05) is 36.4 Å². The van der Waals surface area contributed by atoms with E-state index in [4.69, 9.17) is 0 Å². The molecule has 0 amide bonds. The zero-order valence-electron chi connectivity index (χ0n) is 12.8. The lowest BCUT2D eigenvalue weighted by Gasteiger charge is -2.07. The molecule has 4 nitrogen and oxygen atoms in total. The molecule has 0 unspecified atom stereocenters. The fraction of sp³-hybridized carbons (Fsp3) is 0.0556. The highest BCUT2D eigenvalue weighted by molar-refractivity contribution is 5.65. The Balaban J connectivity index is 1.80. The van der Waals surface area contributed by atoms with E-state index in [-0.39, 0.29) is 5.78 Å². The predicted octanol–water partition coefficient (Wildman–Crippen LogP) is 4.48. The summed E-state index contributed by atoms with van der Waals surface area (Å²) in [7, 11) is 0. The van der Waals surface area contributed by atoms with Crippen molar-refractivity contribution in [3.05, 3.63) is 72.7 Å².